The molecule has 0 saturated carbocycles. The molecule has 2 aromatic carbocycles. The fourth-order valence-corrected chi connectivity index (χ4v) is 2.55. The molecule has 0 bridgehead atoms. The molecule has 2 aromatic rings. The summed E-state index contributed by atoms with van der Waals surface area (Å²) in [5.41, 5.74) is 4.79. The highest BCUT2D eigenvalue weighted by molar-refractivity contribution is 7.80. The molecule has 0 fully saturated rings. The topological polar surface area (TPSA) is 41.1 Å². The maximum atomic E-state index is 12.3. The van der Waals surface area contributed by atoms with Crippen molar-refractivity contribution in [2.45, 2.75) is 27.2 Å². The highest BCUT2D eigenvalue weighted by Crippen LogP contribution is 2.15. The van der Waals surface area contributed by atoms with Gasteiger partial charge in [0, 0.05) is 11.3 Å². The fourth-order valence-electron chi connectivity index (χ4n) is 2.34. The molecule has 0 saturated heterocycles. The van der Waals surface area contributed by atoms with Crippen LogP contribution in [0.2, 0.25) is 0 Å². The van der Waals surface area contributed by atoms with Crippen molar-refractivity contribution in [2.24, 2.45) is 0 Å². The van der Waals surface area contributed by atoms with Gasteiger partial charge in [0.05, 0.1) is 0 Å². The normalized spacial score (nSPS) is 10.1. The van der Waals surface area contributed by atoms with E-state index >= 15 is 0 Å². The van der Waals surface area contributed by atoms with Gasteiger partial charge in [0.25, 0.3) is 5.91 Å². The summed E-state index contributed by atoms with van der Waals surface area (Å²) in [6, 6.07) is 13.6. The molecule has 22 heavy (non-hydrogen) atoms. The van der Waals surface area contributed by atoms with E-state index in [0.717, 1.165) is 28.8 Å². The van der Waals surface area contributed by atoms with E-state index in [2.05, 4.69) is 17.6 Å². The van der Waals surface area contributed by atoms with Gasteiger partial charge in [0.1, 0.15) is 0 Å². The minimum absolute atomic E-state index is 0.191. The number of para-hydroxylation sites is 1. The number of amides is 1. The zero-order valence-corrected chi connectivity index (χ0v) is 13.9. The molecule has 0 atom stereocenters. The van der Waals surface area contributed by atoms with Crippen molar-refractivity contribution in [3.05, 3.63) is 64.7 Å². The Kier molecular flexibility index (Phi) is 5.28. The minimum atomic E-state index is -0.191. The van der Waals surface area contributed by atoms with Crippen molar-refractivity contribution < 1.29 is 4.79 Å². The number of anilines is 1. The standard InChI is InChI=1S/C18H20N2OS/c1-4-14-7-5-6-8-16(14)19-18(22)20-17(21)15-10-9-12(2)11-13(15)3/h5-11H,4H2,1-3H3,(H2,19,20,21,22). The van der Waals surface area contributed by atoms with E-state index in [1.54, 1.807) is 0 Å². The Hall–Kier alpha value is -2.20. The van der Waals surface area contributed by atoms with Gasteiger partial charge < -0.3 is 5.32 Å². The average Bonchev–Trinajstić information content (AvgIpc) is 2.47. The number of carbonyl (C=O) groups excluding carboxylic acids is 1. The van der Waals surface area contributed by atoms with Gasteiger partial charge in [0.2, 0.25) is 0 Å². The summed E-state index contributed by atoms with van der Waals surface area (Å²) in [7, 11) is 0. The van der Waals surface area contributed by atoms with Gasteiger partial charge in [-0.3, -0.25) is 10.1 Å². The zero-order chi connectivity index (χ0) is 16.1. The molecule has 2 N–H and O–H groups in total. The summed E-state index contributed by atoms with van der Waals surface area (Å²) in [5, 5.41) is 6.14. The predicted octanol–water partition coefficient (Wildman–Crippen LogP) is 3.99. The zero-order valence-electron chi connectivity index (χ0n) is 13.1. The third kappa shape index (κ3) is 3.92. The van der Waals surface area contributed by atoms with Crippen LogP contribution in [-0.2, 0) is 6.42 Å². The molecule has 0 spiro atoms. The Morgan fingerprint density at radius 3 is 2.55 bits per heavy atom. The number of hydrogen-bond acceptors (Lipinski definition) is 2. The van der Waals surface area contributed by atoms with Gasteiger partial charge in [-0.15, -0.1) is 0 Å². The summed E-state index contributed by atoms with van der Waals surface area (Å²) >= 11 is 5.25. The fraction of sp³-hybridized carbons (Fsp3) is 0.222. The van der Waals surface area contributed by atoms with Gasteiger partial charge in [-0.05, 0) is 55.7 Å². The van der Waals surface area contributed by atoms with Crippen LogP contribution in [0, 0.1) is 13.8 Å². The van der Waals surface area contributed by atoms with Crippen molar-refractivity contribution in [1.82, 2.24) is 5.32 Å². The van der Waals surface area contributed by atoms with Gasteiger partial charge in [-0.1, -0.05) is 42.8 Å². The monoisotopic (exact) mass is 312 g/mol. The quantitative estimate of drug-likeness (QED) is 0.842. The second-order valence-electron chi connectivity index (χ2n) is 5.24. The number of hydrogen-bond donors (Lipinski definition) is 2. The van der Waals surface area contributed by atoms with Crippen LogP contribution >= 0.6 is 12.2 Å². The minimum Gasteiger partial charge on any atom is -0.332 e. The Balaban J connectivity index is 2.07. The first-order chi connectivity index (χ1) is 10.5. The third-order valence-corrected chi connectivity index (χ3v) is 3.70. The van der Waals surface area contributed by atoms with Crippen molar-refractivity contribution in [3.8, 4) is 0 Å². The Morgan fingerprint density at radius 2 is 1.86 bits per heavy atom. The molecule has 0 heterocycles. The molecule has 0 unspecified atom stereocenters. The molecule has 2 rings (SSSR count). The summed E-state index contributed by atoms with van der Waals surface area (Å²) in [6.07, 6.45) is 0.900. The van der Waals surface area contributed by atoms with Crippen molar-refractivity contribution in [3.63, 3.8) is 0 Å². The second kappa shape index (κ2) is 7.18. The molecule has 3 nitrogen and oxygen atoms in total. The second-order valence-corrected chi connectivity index (χ2v) is 5.65. The molecule has 0 aliphatic rings. The molecular weight excluding hydrogens is 292 g/mol. The number of thiocarbonyl (C=S) groups is 1. The van der Waals surface area contributed by atoms with E-state index in [1.165, 1.54) is 0 Å². The first kappa shape index (κ1) is 16.2. The van der Waals surface area contributed by atoms with E-state index in [4.69, 9.17) is 12.2 Å². The lowest BCUT2D eigenvalue weighted by molar-refractivity contribution is 0.0977. The van der Waals surface area contributed by atoms with E-state index in [1.807, 2.05) is 56.3 Å². The van der Waals surface area contributed by atoms with Gasteiger partial charge in [-0.25, -0.2) is 0 Å². The Labute approximate surface area is 136 Å². The van der Waals surface area contributed by atoms with Gasteiger partial charge in [-0.2, -0.15) is 0 Å². The summed E-state index contributed by atoms with van der Waals surface area (Å²) in [4.78, 5) is 12.3. The third-order valence-electron chi connectivity index (χ3n) is 3.50. The number of nitrogens with one attached hydrogen (secondary N) is 2. The number of aryl methyl sites for hydroxylation is 3. The van der Waals surface area contributed by atoms with Crippen LogP contribution in [0.25, 0.3) is 0 Å². The predicted molar refractivity (Wildman–Crippen MR) is 95.4 cm³/mol. The Morgan fingerprint density at radius 1 is 1.14 bits per heavy atom. The molecule has 0 aliphatic carbocycles. The van der Waals surface area contributed by atoms with Crippen LogP contribution in [0.1, 0.15) is 34.0 Å². The van der Waals surface area contributed by atoms with Crippen molar-refractivity contribution in [1.29, 1.82) is 0 Å². The summed E-state index contributed by atoms with van der Waals surface area (Å²) in [5.74, 6) is -0.191. The smallest absolute Gasteiger partial charge is 0.257 e. The van der Waals surface area contributed by atoms with Crippen LogP contribution < -0.4 is 10.6 Å². The first-order valence-electron chi connectivity index (χ1n) is 7.28. The summed E-state index contributed by atoms with van der Waals surface area (Å²) in [6.45, 7) is 6.01. The molecule has 1 amide bonds. The number of benzene rings is 2. The highest BCUT2D eigenvalue weighted by atomic mass is 32.1. The van der Waals surface area contributed by atoms with Crippen LogP contribution in [0.3, 0.4) is 0 Å². The Bertz CT molecular complexity index is 710. The van der Waals surface area contributed by atoms with Crippen LogP contribution in [0.5, 0.6) is 0 Å². The first-order valence-corrected chi connectivity index (χ1v) is 7.69. The number of carbonyl (C=O) groups is 1. The SMILES string of the molecule is CCc1ccccc1NC(=S)NC(=O)c1ccc(C)cc1C. The van der Waals surface area contributed by atoms with Gasteiger partial charge in [0.15, 0.2) is 5.11 Å². The molecule has 4 heteroatoms. The van der Waals surface area contributed by atoms with Crippen molar-refractivity contribution >= 4 is 28.9 Å². The van der Waals surface area contributed by atoms with E-state index in [-0.39, 0.29) is 5.91 Å². The highest BCUT2D eigenvalue weighted by Gasteiger charge is 2.11. The van der Waals surface area contributed by atoms with Gasteiger partial charge >= 0.3 is 0 Å². The van der Waals surface area contributed by atoms with Crippen molar-refractivity contribution in [2.75, 3.05) is 5.32 Å². The van der Waals surface area contributed by atoms with Crippen LogP contribution in [-0.4, -0.2) is 11.0 Å². The molecule has 114 valence electrons. The summed E-state index contributed by atoms with van der Waals surface area (Å²) < 4.78 is 0. The van der Waals surface area contributed by atoms with Crippen LogP contribution in [0.15, 0.2) is 42.5 Å². The molecule has 0 radical (unpaired) electrons. The lowest BCUT2D eigenvalue weighted by atomic mass is 10.1. The maximum absolute atomic E-state index is 12.3. The molecule has 0 aliphatic heterocycles. The molecular formula is C18H20N2OS. The maximum Gasteiger partial charge on any atom is 0.257 e. The van der Waals surface area contributed by atoms with E-state index in [0.29, 0.717) is 10.7 Å². The lowest BCUT2D eigenvalue weighted by Gasteiger charge is -2.13. The average molecular weight is 312 g/mol. The largest absolute Gasteiger partial charge is 0.332 e. The van der Waals surface area contributed by atoms with E-state index < -0.39 is 0 Å². The lowest BCUT2D eigenvalue weighted by Crippen LogP contribution is -2.34. The van der Waals surface area contributed by atoms with E-state index in [9.17, 15) is 4.79 Å². The molecule has 0 aromatic heterocycles. The number of rotatable bonds is 3. The van der Waals surface area contributed by atoms with Crippen LogP contribution in [0.4, 0.5) is 5.69 Å².